The van der Waals surface area contributed by atoms with Gasteiger partial charge in [-0.15, -0.1) is 0 Å². The summed E-state index contributed by atoms with van der Waals surface area (Å²) in [7, 11) is 0. The van der Waals surface area contributed by atoms with E-state index in [2.05, 4.69) is 49.1 Å². The SMILES string of the molecule is CCN(CC)c1ccc(Cc2ccc(C#N)cc2)cc1. The summed E-state index contributed by atoms with van der Waals surface area (Å²) in [5, 5.41) is 8.79. The van der Waals surface area contributed by atoms with Gasteiger partial charge in [-0.25, -0.2) is 0 Å². The second-order valence-corrected chi connectivity index (χ2v) is 4.82. The maximum atomic E-state index is 8.79. The van der Waals surface area contributed by atoms with Crippen LogP contribution in [-0.2, 0) is 6.42 Å². The summed E-state index contributed by atoms with van der Waals surface area (Å²) in [5.41, 5.74) is 4.52. The smallest absolute Gasteiger partial charge is 0.0991 e. The van der Waals surface area contributed by atoms with Gasteiger partial charge in [-0.05, 0) is 55.7 Å². The molecule has 0 spiro atoms. The zero-order chi connectivity index (χ0) is 14.4. The number of rotatable bonds is 5. The summed E-state index contributed by atoms with van der Waals surface area (Å²) in [6, 6.07) is 18.7. The highest BCUT2D eigenvalue weighted by Gasteiger charge is 2.02. The molecule has 0 aliphatic heterocycles. The van der Waals surface area contributed by atoms with E-state index in [4.69, 9.17) is 5.26 Å². The van der Waals surface area contributed by atoms with Gasteiger partial charge in [0.2, 0.25) is 0 Å². The predicted molar refractivity (Wildman–Crippen MR) is 84.0 cm³/mol. The van der Waals surface area contributed by atoms with Crippen LogP contribution in [0, 0.1) is 11.3 Å². The van der Waals surface area contributed by atoms with Gasteiger partial charge in [0.15, 0.2) is 0 Å². The van der Waals surface area contributed by atoms with Crippen LogP contribution in [0.3, 0.4) is 0 Å². The standard InChI is InChI=1S/C18H20N2/c1-3-20(4-2)18-11-9-16(10-12-18)13-15-5-7-17(14-19)8-6-15/h5-12H,3-4,13H2,1-2H3. The van der Waals surface area contributed by atoms with Crippen molar-refractivity contribution in [2.24, 2.45) is 0 Å². The van der Waals surface area contributed by atoms with Gasteiger partial charge in [-0.1, -0.05) is 24.3 Å². The van der Waals surface area contributed by atoms with E-state index >= 15 is 0 Å². The third-order valence-electron chi connectivity index (χ3n) is 3.56. The van der Waals surface area contributed by atoms with E-state index in [1.807, 2.05) is 24.3 Å². The van der Waals surface area contributed by atoms with Gasteiger partial charge >= 0.3 is 0 Å². The van der Waals surface area contributed by atoms with Crippen LogP contribution in [0.1, 0.15) is 30.5 Å². The molecule has 0 aromatic heterocycles. The van der Waals surface area contributed by atoms with Crippen molar-refractivity contribution in [3.8, 4) is 6.07 Å². The molecule has 2 aromatic rings. The lowest BCUT2D eigenvalue weighted by atomic mass is 10.0. The minimum Gasteiger partial charge on any atom is -0.372 e. The first-order valence-corrected chi connectivity index (χ1v) is 7.09. The van der Waals surface area contributed by atoms with E-state index in [-0.39, 0.29) is 0 Å². The molecule has 0 aliphatic carbocycles. The summed E-state index contributed by atoms with van der Waals surface area (Å²) in [6.07, 6.45) is 0.907. The number of nitrogens with zero attached hydrogens (tertiary/aromatic N) is 2. The second kappa shape index (κ2) is 6.77. The minimum absolute atomic E-state index is 0.714. The van der Waals surface area contributed by atoms with Crippen LogP contribution in [0.25, 0.3) is 0 Å². The number of benzene rings is 2. The highest BCUT2D eigenvalue weighted by Crippen LogP contribution is 2.17. The van der Waals surface area contributed by atoms with Crippen molar-refractivity contribution in [2.45, 2.75) is 20.3 Å². The Kier molecular flexibility index (Phi) is 4.79. The van der Waals surface area contributed by atoms with Crippen molar-refractivity contribution < 1.29 is 0 Å². The van der Waals surface area contributed by atoms with Crippen LogP contribution in [0.5, 0.6) is 0 Å². The molecule has 2 aromatic carbocycles. The molecule has 0 fully saturated rings. The van der Waals surface area contributed by atoms with E-state index in [1.54, 1.807) is 0 Å². The summed E-state index contributed by atoms with van der Waals surface area (Å²) in [4.78, 5) is 2.34. The van der Waals surface area contributed by atoms with Crippen LogP contribution in [-0.4, -0.2) is 13.1 Å². The summed E-state index contributed by atoms with van der Waals surface area (Å²) in [6.45, 7) is 6.42. The summed E-state index contributed by atoms with van der Waals surface area (Å²) < 4.78 is 0. The molecule has 2 nitrogen and oxygen atoms in total. The molecule has 0 unspecified atom stereocenters. The van der Waals surface area contributed by atoms with E-state index in [9.17, 15) is 0 Å². The molecule has 0 radical (unpaired) electrons. The van der Waals surface area contributed by atoms with Gasteiger partial charge in [0.25, 0.3) is 0 Å². The minimum atomic E-state index is 0.714. The van der Waals surface area contributed by atoms with E-state index < -0.39 is 0 Å². The Balaban J connectivity index is 2.08. The Labute approximate surface area is 121 Å². The lowest BCUT2D eigenvalue weighted by Gasteiger charge is -2.21. The van der Waals surface area contributed by atoms with Crippen LogP contribution in [0.2, 0.25) is 0 Å². The average molecular weight is 264 g/mol. The molecule has 2 rings (SSSR count). The van der Waals surface area contributed by atoms with Crippen molar-refractivity contribution in [3.05, 3.63) is 65.2 Å². The monoisotopic (exact) mass is 264 g/mol. The molecule has 2 heteroatoms. The maximum absolute atomic E-state index is 8.79. The Morgan fingerprint density at radius 2 is 1.35 bits per heavy atom. The summed E-state index contributed by atoms with van der Waals surface area (Å²) >= 11 is 0. The molecule has 0 amide bonds. The molecule has 0 saturated carbocycles. The first-order chi connectivity index (χ1) is 9.76. The fourth-order valence-corrected chi connectivity index (χ4v) is 2.35. The van der Waals surface area contributed by atoms with Gasteiger partial charge in [0, 0.05) is 18.8 Å². The van der Waals surface area contributed by atoms with Crippen molar-refractivity contribution >= 4 is 5.69 Å². The largest absolute Gasteiger partial charge is 0.372 e. The first kappa shape index (κ1) is 14.1. The van der Waals surface area contributed by atoms with E-state index in [1.165, 1.54) is 16.8 Å². The Morgan fingerprint density at radius 3 is 1.80 bits per heavy atom. The van der Waals surface area contributed by atoms with Gasteiger partial charge in [0.1, 0.15) is 0 Å². The molecule has 0 aliphatic rings. The Bertz CT molecular complexity index is 572. The third kappa shape index (κ3) is 3.39. The number of anilines is 1. The maximum Gasteiger partial charge on any atom is 0.0991 e. The summed E-state index contributed by atoms with van der Waals surface area (Å²) in [5.74, 6) is 0. The van der Waals surface area contributed by atoms with Crippen molar-refractivity contribution in [1.29, 1.82) is 5.26 Å². The van der Waals surface area contributed by atoms with Crippen LogP contribution in [0.15, 0.2) is 48.5 Å². The van der Waals surface area contributed by atoms with E-state index in [0.29, 0.717) is 5.56 Å². The van der Waals surface area contributed by atoms with Crippen LogP contribution in [0.4, 0.5) is 5.69 Å². The predicted octanol–water partition coefficient (Wildman–Crippen LogP) is 4.00. The van der Waals surface area contributed by atoms with Crippen molar-refractivity contribution in [1.82, 2.24) is 0 Å². The zero-order valence-electron chi connectivity index (χ0n) is 12.1. The van der Waals surface area contributed by atoms with Gasteiger partial charge in [0.05, 0.1) is 11.6 Å². The first-order valence-electron chi connectivity index (χ1n) is 7.09. The molecular formula is C18H20N2. The van der Waals surface area contributed by atoms with Crippen molar-refractivity contribution in [3.63, 3.8) is 0 Å². The Morgan fingerprint density at radius 1 is 0.850 bits per heavy atom. The van der Waals surface area contributed by atoms with Crippen molar-refractivity contribution in [2.75, 3.05) is 18.0 Å². The zero-order valence-corrected chi connectivity index (χ0v) is 12.1. The average Bonchev–Trinajstić information content (AvgIpc) is 2.51. The normalized spacial score (nSPS) is 10.1. The fourth-order valence-electron chi connectivity index (χ4n) is 2.35. The van der Waals surface area contributed by atoms with E-state index in [0.717, 1.165) is 19.5 Å². The fraction of sp³-hybridized carbons (Fsp3) is 0.278. The highest BCUT2D eigenvalue weighted by atomic mass is 15.1. The quantitative estimate of drug-likeness (QED) is 0.816. The Hall–Kier alpha value is -2.27. The molecule has 0 saturated heterocycles. The highest BCUT2D eigenvalue weighted by molar-refractivity contribution is 5.48. The lowest BCUT2D eigenvalue weighted by molar-refractivity contribution is 0.866. The molecule has 0 atom stereocenters. The molecule has 102 valence electrons. The molecule has 0 heterocycles. The topological polar surface area (TPSA) is 27.0 Å². The number of hydrogen-bond acceptors (Lipinski definition) is 2. The van der Waals surface area contributed by atoms with Gasteiger partial charge in [-0.3, -0.25) is 0 Å². The number of hydrogen-bond donors (Lipinski definition) is 0. The third-order valence-corrected chi connectivity index (χ3v) is 3.56. The molecule has 20 heavy (non-hydrogen) atoms. The molecule has 0 N–H and O–H groups in total. The van der Waals surface area contributed by atoms with Gasteiger partial charge < -0.3 is 4.90 Å². The number of nitriles is 1. The second-order valence-electron chi connectivity index (χ2n) is 4.82. The molecule has 0 bridgehead atoms. The van der Waals surface area contributed by atoms with Crippen LogP contribution < -0.4 is 4.90 Å². The van der Waals surface area contributed by atoms with Gasteiger partial charge in [-0.2, -0.15) is 5.26 Å². The van der Waals surface area contributed by atoms with Crippen LogP contribution >= 0.6 is 0 Å². The lowest BCUT2D eigenvalue weighted by Crippen LogP contribution is -2.21. The molecular weight excluding hydrogens is 244 g/mol.